The number of hydrogen-bond donors (Lipinski definition) is 0. The van der Waals surface area contributed by atoms with E-state index in [1.54, 1.807) is 0 Å². The summed E-state index contributed by atoms with van der Waals surface area (Å²) in [5.41, 5.74) is 0.214. The van der Waals surface area contributed by atoms with Crippen LogP contribution >= 0.6 is 0 Å². The Labute approximate surface area is 64.1 Å². The Kier molecular flexibility index (Phi) is 2.34. The second-order valence-corrected chi connectivity index (χ2v) is 5.21. The summed E-state index contributed by atoms with van der Waals surface area (Å²) >= 11 is 0. The van der Waals surface area contributed by atoms with Gasteiger partial charge in [0.15, 0.2) is 0 Å². The Morgan fingerprint density at radius 2 is 1.40 bits per heavy atom. The highest BCUT2D eigenvalue weighted by Gasteiger charge is 2.25. The number of carbonyl (C=O) groups excluding carboxylic acids is 1. The van der Waals surface area contributed by atoms with Crippen LogP contribution < -0.4 is 0 Å². The zero-order valence-electron chi connectivity index (χ0n) is 7.99. The lowest BCUT2D eigenvalue weighted by Gasteiger charge is -2.32. The monoisotopic (exact) mass is 141 g/mol. The van der Waals surface area contributed by atoms with Gasteiger partial charge in [-0.2, -0.15) is 20.5 Å². The van der Waals surface area contributed by atoms with Crippen LogP contribution in [0.5, 0.6) is 0 Å². The molecule has 1 nitrogen and oxygen atoms in total. The molecule has 0 amide bonds. The van der Waals surface area contributed by atoms with Crippen molar-refractivity contribution in [1.29, 1.82) is 0 Å². The molecule has 0 aliphatic heterocycles. The third-order valence-corrected chi connectivity index (χ3v) is 1.53. The zero-order valence-corrected chi connectivity index (χ0v) is 7.99. The topological polar surface area (TPSA) is 17.1 Å². The Morgan fingerprint density at radius 3 is 1.40 bits per heavy atom. The largest absolute Gasteiger partial charge is 0.346 e. The second kappa shape index (κ2) is 2.41. The average molecular weight is 141 g/mol. The summed E-state index contributed by atoms with van der Waals surface area (Å²) in [4.78, 5) is 11.5. The minimum Gasteiger partial charge on any atom is -0.346 e. The summed E-state index contributed by atoms with van der Waals surface area (Å²) in [6.07, 6.45) is -0.799. The maximum atomic E-state index is 11.5. The van der Waals surface area contributed by atoms with E-state index in [0.717, 1.165) is 0 Å². The van der Waals surface area contributed by atoms with Crippen molar-refractivity contribution < 1.29 is 4.79 Å². The van der Waals surface area contributed by atoms with E-state index < -0.39 is 6.15 Å². The molecule has 0 spiro atoms. The summed E-state index contributed by atoms with van der Waals surface area (Å²) in [7, 11) is 0. The van der Waals surface area contributed by atoms with E-state index in [1.165, 1.54) is 0 Å². The molecule has 0 radical (unpaired) electrons. The molecule has 0 unspecified atom stereocenters. The van der Waals surface area contributed by atoms with Crippen molar-refractivity contribution in [2.45, 2.75) is 41.2 Å². The number of hydrogen-bond acceptors (Lipinski definition) is 1. The van der Waals surface area contributed by atoms with Gasteiger partial charge in [0, 0.05) is 0 Å². The smallest absolute Gasteiger partial charge is 0.0616 e. The van der Waals surface area contributed by atoms with Crippen molar-refractivity contribution in [3.63, 3.8) is 0 Å². The van der Waals surface area contributed by atoms with E-state index in [9.17, 15) is 4.79 Å². The summed E-state index contributed by atoms with van der Waals surface area (Å²) in [5.74, 6) is 0. The average Bonchev–Trinajstić information content (AvgIpc) is 1.59. The van der Waals surface area contributed by atoms with E-state index >= 15 is 0 Å². The van der Waals surface area contributed by atoms with Gasteiger partial charge in [-0.3, -0.25) is 0 Å². The molecule has 0 aromatic rings. The van der Waals surface area contributed by atoms with Crippen LogP contribution in [-0.4, -0.2) is 11.8 Å². The molecule has 0 saturated heterocycles. The molecule has 0 rings (SSSR count). The minimum atomic E-state index is -0.799. The fraction of sp³-hybridized carbons (Fsp3) is 0.875. The van der Waals surface area contributed by atoms with Crippen molar-refractivity contribution >= 4 is 11.8 Å². The molecule has 10 heavy (non-hydrogen) atoms. The van der Waals surface area contributed by atoms with Crippen LogP contribution in [0.4, 0.5) is 0 Å². The molecule has 0 saturated carbocycles. The predicted octanol–water partition coefficient (Wildman–Crippen LogP) is 2.48. The molecule has 0 heterocycles. The van der Waals surface area contributed by atoms with Crippen LogP contribution in [0, 0.1) is 5.41 Å². The van der Waals surface area contributed by atoms with Gasteiger partial charge in [0.25, 0.3) is 0 Å². The van der Waals surface area contributed by atoms with Gasteiger partial charge in [-0.15, -0.1) is 0 Å². The van der Waals surface area contributed by atoms with Gasteiger partial charge < -0.3 is 4.79 Å². The maximum absolute atomic E-state index is 11.5. The highest BCUT2D eigenvalue weighted by atomic mass is 16.1. The van der Waals surface area contributed by atoms with Crippen LogP contribution in [0.25, 0.3) is 0 Å². The van der Waals surface area contributed by atoms with Gasteiger partial charge in [0.05, 0.1) is 6.15 Å². The Balaban J connectivity index is 4.40. The standard InChI is InChI=1S/C8H18BO/c1-8(2,3)7(10)9(4,5)6/h1-6H3/q-1. The van der Waals surface area contributed by atoms with Gasteiger partial charge >= 0.3 is 0 Å². The van der Waals surface area contributed by atoms with Crippen molar-refractivity contribution in [2.24, 2.45) is 5.41 Å². The molecule has 0 N–H and O–H groups in total. The van der Waals surface area contributed by atoms with Gasteiger partial charge in [-0.25, -0.2) is 0 Å². The van der Waals surface area contributed by atoms with E-state index in [-0.39, 0.29) is 5.41 Å². The second-order valence-electron chi connectivity index (χ2n) is 5.21. The lowest BCUT2D eigenvalue weighted by atomic mass is 9.25. The Bertz CT molecular complexity index is 120. The first kappa shape index (κ1) is 9.73. The van der Waals surface area contributed by atoms with Crippen molar-refractivity contribution in [1.82, 2.24) is 0 Å². The summed E-state index contributed by atoms with van der Waals surface area (Å²) < 4.78 is 0. The molecule has 0 aromatic carbocycles. The first-order valence-electron chi connectivity index (χ1n) is 3.97. The number of rotatable bonds is 1. The van der Waals surface area contributed by atoms with Crippen molar-refractivity contribution in [3.05, 3.63) is 0 Å². The van der Waals surface area contributed by atoms with Crippen LogP contribution in [-0.2, 0) is 4.79 Å². The van der Waals surface area contributed by atoms with Gasteiger partial charge in [0.1, 0.15) is 0 Å². The first-order chi connectivity index (χ1) is 4.15. The third kappa shape index (κ3) is 2.55. The molecule has 0 aliphatic rings. The maximum Gasteiger partial charge on any atom is 0.0616 e. The normalized spacial score (nSPS) is 13.4. The Hall–Kier alpha value is -0.265. The lowest BCUT2D eigenvalue weighted by molar-refractivity contribution is -0.119. The highest BCUT2D eigenvalue weighted by Crippen LogP contribution is 2.21. The summed E-state index contributed by atoms with van der Waals surface area (Å²) in [5, 5.41) is 0. The fourth-order valence-electron chi connectivity index (χ4n) is 1.30. The van der Waals surface area contributed by atoms with Crippen LogP contribution in [0.3, 0.4) is 0 Å². The van der Waals surface area contributed by atoms with Crippen LogP contribution in [0.1, 0.15) is 20.8 Å². The highest BCUT2D eigenvalue weighted by molar-refractivity contribution is 7.03. The Morgan fingerprint density at radius 1 is 1.10 bits per heavy atom. The number of carbonyl (C=O) groups is 1. The zero-order chi connectivity index (χ0) is 8.58. The molecule has 2 heteroatoms. The van der Waals surface area contributed by atoms with E-state index in [4.69, 9.17) is 0 Å². The third-order valence-electron chi connectivity index (χ3n) is 1.53. The molecule has 0 aromatic heterocycles. The molecule has 0 fully saturated rings. The first-order valence-corrected chi connectivity index (χ1v) is 3.97. The van der Waals surface area contributed by atoms with Crippen molar-refractivity contribution in [2.75, 3.05) is 0 Å². The molecule has 0 atom stereocenters. The summed E-state index contributed by atoms with van der Waals surface area (Å²) in [6.45, 7) is 12.0. The van der Waals surface area contributed by atoms with E-state index in [0.29, 0.717) is 5.68 Å². The van der Waals surface area contributed by atoms with Gasteiger partial charge in [-0.05, 0) is 11.1 Å². The molecular formula is C8H18BO-. The summed E-state index contributed by atoms with van der Waals surface area (Å²) in [6, 6.07) is 0. The van der Waals surface area contributed by atoms with Crippen LogP contribution in [0.15, 0.2) is 0 Å². The van der Waals surface area contributed by atoms with Gasteiger partial charge in [-0.1, -0.05) is 20.8 Å². The minimum absolute atomic E-state index is 0.168. The SMILES string of the molecule is C[B-](C)(C)C(=O)C(C)(C)C. The molecule has 0 aliphatic carbocycles. The van der Waals surface area contributed by atoms with Crippen molar-refractivity contribution in [3.8, 4) is 0 Å². The molecule has 60 valence electrons. The quantitative estimate of drug-likeness (QED) is 0.512. The predicted molar refractivity (Wildman–Crippen MR) is 47.8 cm³/mol. The molecular weight excluding hydrogens is 123 g/mol. The van der Waals surface area contributed by atoms with E-state index in [1.807, 2.05) is 41.2 Å². The fourth-order valence-corrected chi connectivity index (χ4v) is 1.30. The van der Waals surface area contributed by atoms with Gasteiger partial charge in [0.2, 0.25) is 0 Å². The van der Waals surface area contributed by atoms with E-state index in [2.05, 4.69) is 0 Å². The molecule has 0 bridgehead atoms. The lowest BCUT2D eigenvalue weighted by Crippen LogP contribution is -2.42. The van der Waals surface area contributed by atoms with Crippen LogP contribution in [0.2, 0.25) is 20.5 Å².